The number of methoxy groups -OCH3 is 2. The fourth-order valence-electron chi connectivity index (χ4n) is 3.37. The third kappa shape index (κ3) is 4.18. The van der Waals surface area contributed by atoms with Crippen molar-refractivity contribution >= 4 is 11.7 Å². The predicted molar refractivity (Wildman–Crippen MR) is 108 cm³/mol. The molecule has 0 saturated carbocycles. The molecule has 0 atom stereocenters. The normalized spacial score (nSPS) is 13.1. The molecule has 28 heavy (non-hydrogen) atoms. The van der Waals surface area contributed by atoms with E-state index >= 15 is 0 Å². The van der Waals surface area contributed by atoms with Gasteiger partial charge in [-0.3, -0.25) is 4.79 Å². The van der Waals surface area contributed by atoms with Gasteiger partial charge in [0.2, 0.25) is 0 Å². The minimum atomic E-state index is -0.101. The number of amides is 1. The number of ether oxygens (including phenoxy) is 2. The molecule has 0 saturated heterocycles. The minimum absolute atomic E-state index is 0.101. The summed E-state index contributed by atoms with van der Waals surface area (Å²) in [5.74, 6) is 2.08. The number of rotatable bonds is 7. The molecule has 0 radical (unpaired) electrons. The molecule has 1 amide bonds. The number of hydrogen-bond acceptors (Lipinski definition) is 6. The smallest absolute Gasteiger partial charge is 0.274 e. The van der Waals surface area contributed by atoms with E-state index in [0.29, 0.717) is 24.5 Å². The van der Waals surface area contributed by atoms with Crippen LogP contribution in [0, 0.1) is 0 Å². The maximum absolute atomic E-state index is 12.9. The third-order valence-electron chi connectivity index (χ3n) is 5.11. The first-order valence-corrected chi connectivity index (χ1v) is 9.65. The molecular weight excluding hydrogens is 356 g/mol. The number of hydrogen-bond donors (Lipinski definition) is 0. The maximum atomic E-state index is 12.9. The van der Waals surface area contributed by atoms with Gasteiger partial charge in [-0.1, -0.05) is 13.3 Å². The summed E-state index contributed by atoms with van der Waals surface area (Å²) < 4.78 is 10.8. The SMILES string of the molecule is CCCCN(C)c1ccc(C(=O)N2CCc3cc(OC)c(OC)cc3C2)nn1. The van der Waals surface area contributed by atoms with Crippen molar-refractivity contribution in [3.05, 3.63) is 41.1 Å². The van der Waals surface area contributed by atoms with Gasteiger partial charge in [-0.2, -0.15) is 0 Å². The largest absolute Gasteiger partial charge is 0.493 e. The molecule has 0 N–H and O–H groups in total. The fourth-order valence-corrected chi connectivity index (χ4v) is 3.37. The van der Waals surface area contributed by atoms with Gasteiger partial charge in [-0.05, 0) is 48.2 Å². The molecular formula is C21H28N4O3. The lowest BCUT2D eigenvalue weighted by molar-refractivity contribution is 0.0727. The van der Waals surface area contributed by atoms with Crippen LogP contribution in [0.15, 0.2) is 24.3 Å². The summed E-state index contributed by atoms with van der Waals surface area (Å²) in [6.07, 6.45) is 2.99. The quantitative estimate of drug-likeness (QED) is 0.731. The number of carbonyl (C=O) groups is 1. The highest BCUT2D eigenvalue weighted by Crippen LogP contribution is 2.33. The van der Waals surface area contributed by atoms with Crippen LogP contribution in [0.4, 0.5) is 5.82 Å². The third-order valence-corrected chi connectivity index (χ3v) is 5.11. The molecule has 1 aromatic carbocycles. The van der Waals surface area contributed by atoms with Crippen molar-refractivity contribution in [2.75, 3.05) is 39.3 Å². The Morgan fingerprint density at radius 3 is 2.46 bits per heavy atom. The summed E-state index contributed by atoms with van der Waals surface area (Å²) in [4.78, 5) is 16.8. The van der Waals surface area contributed by atoms with Gasteiger partial charge >= 0.3 is 0 Å². The summed E-state index contributed by atoms with van der Waals surface area (Å²) in [6, 6.07) is 7.57. The molecule has 2 aromatic rings. The Labute approximate surface area is 166 Å². The summed E-state index contributed by atoms with van der Waals surface area (Å²) in [6.45, 7) is 4.24. The summed E-state index contributed by atoms with van der Waals surface area (Å²) in [5.41, 5.74) is 2.62. The molecule has 1 aliphatic heterocycles. The first-order chi connectivity index (χ1) is 13.6. The highest BCUT2D eigenvalue weighted by Gasteiger charge is 2.24. The zero-order chi connectivity index (χ0) is 20.1. The van der Waals surface area contributed by atoms with Gasteiger partial charge in [0.25, 0.3) is 5.91 Å². The molecule has 2 heterocycles. The van der Waals surface area contributed by atoms with Crippen LogP contribution in [0.2, 0.25) is 0 Å². The van der Waals surface area contributed by atoms with Gasteiger partial charge in [0.05, 0.1) is 14.2 Å². The van der Waals surface area contributed by atoms with Crippen molar-refractivity contribution in [2.24, 2.45) is 0 Å². The van der Waals surface area contributed by atoms with E-state index in [9.17, 15) is 4.79 Å². The second-order valence-electron chi connectivity index (χ2n) is 7.00. The lowest BCUT2D eigenvalue weighted by Crippen LogP contribution is -2.36. The van der Waals surface area contributed by atoms with Crippen LogP contribution in [0.3, 0.4) is 0 Å². The van der Waals surface area contributed by atoms with Crippen LogP contribution in [0.1, 0.15) is 41.4 Å². The Bertz CT molecular complexity index is 823. The van der Waals surface area contributed by atoms with Crippen molar-refractivity contribution in [3.8, 4) is 11.5 Å². The molecule has 3 rings (SSSR count). The van der Waals surface area contributed by atoms with Crippen LogP contribution >= 0.6 is 0 Å². The van der Waals surface area contributed by atoms with E-state index in [1.54, 1.807) is 25.2 Å². The Morgan fingerprint density at radius 1 is 1.14 bits per heavy atom. The minimum Gasteiger partial charge on any atom is -0.493 e. The lowest BCUT2D eigenvalue weighted by Gasteiger charge is -2.29. The van der Waals surface area contributed by atoms with Crippen LogP contribution in [0.5, 0.6) is 11.5 Å². The highest BCUT2D eigenvalue weighted by molar-refractivity contribution is 5.92. The molecule has 1 aliphatic rings. The first-order valence-electron chi connectivity index (χ1n) is 9.65. The Morgan fingerprint density at radius 2 is 1.86 bits per heavy atom. The zero-order valence-electron chi connectivity index (χ0n) is 17.1. The van der Waals surface area contributed by atoms with E-state index in [-0.39, 0.29) is 5.91 Å². The van der Waals surface area contributed by atoms with E-state index in [4.69, 9.17) is 9.47 Å². The molecule has 150 valence electrons. The predicted octanol–water partition coefficient (Wildman–Crippen LogP) is 2.93. The summed E-state index contributed by atoms with van der Waals surface area (Å²) >= 11 is 0. The van der Waals surface area contributed by atoms with Crippen LogP contribution in [-0.4, -0.2) is 55.4 Å². The first kappa shape index (κ1) is 19.9. The van der Waals surface area contributed by atoms with Crippen LogP contribution < -0.4 is 14.4 Å². The van der Waals surface area contributed by atoms with Crippen LogP contribution in [-0.2, 0) is 13.0 Å². The van der Waals surface area contributed by atoms with Gasteiger partial charge < -0.3 is 19.3 Å². The molecule has 0 fully saturated rings. The molecule has 7 nitrogen and oxygen atoms in total. The standard InChI is InChI=1S/C21H28N4O3/c1-5-6-10-24(2)20-8-7-17(22-23-20)21(26)25-11-9-15-12-18(27-3)19(28-4)13-16(15)14-25/h7-8,12-13H,5-6,9-11,14H2,1-4H3. The second-order valence-corrected chi connectivity index (χ2v) is 7.00. The monoisotopic (exact) mass is 384 g/mol. The van der Waals surface area contributed by atoms with Gasteiger partial charge in [0.15, 0.2) is 23.0 Å². The van der Waals surface area contributed by atoms with E-state index in [1.807, 2.05) is 25.2 Å². The highest BCUT2D eigenvalue weighted by atomic mass is 16.5. The molecule has 0 aliphatic carbocycles. The van der Waals surface area contributed by atoms with Gasteiger partial charge in [0, 0.05) is 26.7 Å². The number of carbonyl (C=O) groups excluding carboxylic acids is 1. The summed E-state index contributed by atoms with van der Waals surface area (Å²) in [7, 11) is 5.24. The maximum Gasteiger partial charge on any atom is 0.274 e. The van der Waals surface area contributed by atoms with E-state index < -0.39 is 0 Å². The van der Waals surface area contributed by atoms with Crippen molar-refractivity contribution in [2.45, 2.75) is 32.7 Å². The van der Waals surface area contributed by atoms with Crippen molar-refractivity contribution in [1.29, 1.82) is 0 Å². The summed E-state index contributed by atoms with van der Waals surface area (Å²) in [5, 5.41) is 8.41. The van der Waals surface area contributed by atoms with Crippen LogP contribution in [0.25, 0.3) is 0 Å². The van der Waals surface area contributed by atoms with Crippen molar-refractivity contribution < 1.29 is 14.3 Å². The van der Waals surface area contributed by atoms with Gasteiger partial charge in [0.1, 0.15) is 0 Å². The lowest BCUT2D eigenvalue weighted by atomic mass is 9.98. The van der Waals surface area contributed by atoms with Crippen molar-refractivity contribution in [1.82, 2.24) is 15.1 Å². The van der Waals surface area contributed by atoms with E-state index in [0.717, 1.165) is 42.9 Å². The molecule has 0 unspecified atom stereocenters. The average Bonchev–Trinajstić information content (AvgIpc) is 2.75. The van der Waals surface area contributed by atoms with Crippen molar-refractivity contribution in [3.63, 3.8) is 0 Å². The Balaban J connectivity index is 1.72. The fraction of sp³-hybridized carbons (Fsp3) is 0.476. The number of nitrogens with zero attached hydrogens (tertiary/aromatic N) is 4. The average molecular weight is 384 g/mol. The number of aromatic nitrogens is 2. The number of benzene rings is 1. The Kier molecular flexibility index (Phi) is 6.34. The number of fused-ring (bicyclic) bond motifs is 1. The van der Waals surface area contributed by atoms with Gasteiger partial charge in [-0.25, -0.2) is 0 Å². The molecule has 1 aromatic heterocycles. The van der Waals surface area contributed by atoms with E-state index in [2.05, 4.69) is 22.0 Å². The number of unbranched alkanes of at least 4 members (excludes halogenated alkanes) is 1. The molecule has 7 heteroatoms. The second kappa shape index (κ2) is 8.91. The molecule has 0 bridgehead atoms. The zero-order valence-corrected chi connectivity index (χ0v) is 17.1. The van der Waals surface area contributed by atoms with E-state index in [1.165, 1.54) is 5.56 Å². The Hall–Kier alpha value is -2.83. The molecule has 0 spiro atoms. The van der Waals surface area contributed by atoms with Gasteiger partial charge in [-0.15, -0.1) is 10.2 Å². The topological polar surface area (TPSA) is 67.8 Å². The number of anilines is 1.